The zero-order valence-electron chi connectivity index (χ0n) is 11.0. The topological polar surface area (TPSA) is 49.3 Å². The Hall–Kier alpha value is -1.65. The number of nitrogens with one attached hydrogen (secondary N) is 1. The molecule has 0 heterocycles. The molecule has 0 bridgehead atoms. The van der Waals surface area contributed by atoms with Gasteiger partial charge in [0.15, 0.2) is 0 Å². The minimum absolute atomic E-state index is 0.0271. The highest BCUT2D eigenvalue weighted by Crippen LogP contribution is 2.18. The molecule has 0 saturated heterocycles. The number of carbonyl (C=O) groups is 1. The third kappa shape index (κ3) is 4.18. The minimum atomic E-state index is -0.0316. The summed E-state index contributed by atoms with van der Waals surface area (Å²) in [6.07, 6.45) is 1.11. The van der Waals surface area contributed by atoms with Crippen LogP contribution < -0.4 is 5.32 Å². The molecule has 4 heteroatoms. The first kappa shape index (κ1) is 14.8. The van der Waals surface area contributed by atoms with E-state index < -0.39 is 0 Å². The molecule has 0 atom stereocenters. The Morgan fingerprint density at radius 3 is 2.70 bits per heavy atom. The molecule has 0 aromatic heterocycles. The van der Waals surface area contributed by atoms with E-state index in [-0.39, 0.29) is 12.5 Å². The summed E-state index contributed by atoms with van der Waals surface area (Å²) in [5.74, 6) is -0.0316. The largest absolute Gasteiger partial charge is 0.392 e. The first-order chi connectivity index (χ1) is 9.69. The summed E-state index contributed by atoms with van der Waals surface area (Å²) in [4.78, 5) is 11.9. The zero-order chi connectivity index (χ0) is 14.4. The van der Waals surface area contributed by atoms with E-state index in [1.165, 1.54) is 0 Å². The van der Waals surface area contributed by atoms with Gasteiger partial charge >= 0.3 is 0 Å². The molecule has 0 unspecified atom stereocenters. The second-order valence-corrected chi connectivity index (χ2v) is 5.35. The van der Waals surface area contributed by atoms with E-state index in [4.69, 9.17) is 5.11 Å². The highest BCUT2D eigenvalue weighted by atomic mass is 79.9. The van der Waals surface area contributed by atoms with Gasteiger partial charge in [0.05, 0.1) is 6.61 Å². The molecule has 2 N–H and O–H groups in total. The van der Waals surface area contributed by atoms with Crippen molar-refractivity contribution >= 4 is 27.5 Å². The molecule has 2 rings (SSSR count). The number of aryl methyl sites for hydroxylation is 1. The van der Waals surface area contributed by atoms with E-state index in [9.17, 15) is 4.79 Å². The SMILES string of the molecule is O=C(CCc1ccccc1Br)Nc1cccc(CO)c1. The predicted molar refractivity (Wildman–Crippen MR) is 83.5 cm³/mol. The van der Waals surface area contributed by atoms with Gasteiger partial charge in [-0.3, -0.25) is 4.79 Å². The molecule has 0 radical (unpaired) electrons. The molecule has 0 spiro atoms. The van der Waals surface area contributed by atoms with Crippen LogP contribution in [0.5, 0.6) is 0 Å². The van der Waals surface area contributed by atoms with Crippen molar-refractivity contribution in [2.45, 2.75) is 19.4 Å². The molecule has 0 aliphatic carbocycles. The third-order valence-electron chi connectivity index (χ3n) is 2.97. The van der Waals surface area contributed by atoms with E-state index in [2.05, 4.69) is 21.2 Å². The van der Waals surface area contributed by atoms with Crippen LogP contribution in [0, 0.1) is 0 Å². The standard InChI is InChI=1S/C16H16BrNO2/c17-15-7-2-1-5-13(15)8-9-16(20)18-14-6-3-4-12(10-14)11-19/h1-7,10,19H,8-9,11H2,(H,18,20). The number of amides is 1. The number of hydrogen-bond acceptors (Lipinski definition) is 2. The number of benzene rings is 2. The normalized spacial score (nSPS) is 10.3. The van der Waals surface area contributed by atoms with Crippen molar-refractivity contribution < 1.29 is 9.90 Å². The van der Waals surface area contributed by atoms with Crippen LogP contribution in [0.25, 0.3) is 0 Å². The average molecular weight is 334 g/mol. The van der Waals surface area contributed by atoms with Gasteiger partial charge in [0.2, 0.25) is 5.91 Å². The van der Waals surface area contributed by atoms with E-state index in [0.29, 0.717) is 18.5 Å². The molecule has 1 amide bonds. The number of aliphatic hydroxyl groups excluding tert-OH is 1. The fourth-order valence-electron chi connectivity index (χ4n) is 1.92. The number of aliphatic hydroxyl groups is 1. The van der Waals surface area contributed by atoms with Crippen molar-refractivity contribution in [1.82, 2.24) is 0 Å². The molecule has 0 saturated carbocycles. The lowest BCUT2D eigenvalue weighted by Crippen LogP contribution is -2.12. The second kappa shape index (κ2) is 7.22. The van der Waals surface area contributed by atoms with Gasteiger partial charge in [0.1, 0.15) is 0 Å². The van der Waals surface area contributed by atoms with Gasteiger partial charge in [-0.05, 0) is 35.7 Å². The number of anilines is 1. The molecule has 0 aliphatic rings. The number of carbonyl (C=O) groups excluding carboxylic acids is 1. The molecule has 2 aromatic carbocycles. The van der Waals surface area contributed by atoms with E-state index in [1.54, 1.807) is 6.07 Å². The van der Waals surface area contributed by atoms with Gasteiger partial charge in [0.25, 0.3) is 0 Å². The lowest BCUT2D eigenvalue weighted by atomic mass is 10.1. The number of hydrogen-bond donors (Lipinski definition) is 2. The summed E-state index contributed by atoms with van der Waals surface area (Å²) in [6.45, 7) is -0.0271. The van der Waals surface area contributed by atoms with Crippen LogP contribution in [0.3, 0.4) is 0 Å². The van der Waals surface area contributed by atoms with Gasteiger partial charge in [-0.15, -0.1) is 0 Å². The summed E-state index contributed by atoms with van der Waals surface area (Å²) in [5.41, 5.74) is 2.62. The van der Waals surface area contributed by atoms with Gasteiger partial charge in [-0.1, -0.05) is 46.3 Å². The molecule has 2 aromatic rings. The maximum Gasteiger partial charge on any atom is 0.224 e. The van der Waals surface area contributed by atoms with Crippen LogP contribution in [-0.2, 0) is 17.8 Å². The fraction of sp³-hybridized carbons (Fsp3) is 0.188. The molecule has 20 heavy (non-hydrogen) atoms. The number of rotatable bonds is 5. The fourth-order valence-corrected chi connectivity index (χ4v) is 2.40. The molecular formula is C16H16BrNO2. The van der Waals surface area contributed by atoms with Crippen molar-refractivity contribution in [2.24, 2.45) is 0 Å². The summed E-state index contributed by atoms with van der Waals surface area (Å²) < 4.78 is 1.02. The van der Waals surface area contributed by atoms with E-state index in [1.807, 2.05) is 42.5 Å². The summed E-state index contributed by atoms with van der Waals surface area (Å²) in [6, 6.07) is 15.1. The van der Waals surface area contributed by atoms with Crippen LogP contribution in [0.4, 0.5) is 5.69 Å². The van der Waals surface area contributed by atoms with Crippen LogP contribution >= 0.6 is 15.9 Å². The average Bonchev–Trinajstić information content (AvgIpc) is 2.46. The van der Waals surface area contributed by atoms with Crippen molar-refractivity contribution in [3.8, 4) is 0 Å². The zero-order valence-corrected chi connectivity index (χ0v) is 12.6. The predicted octanol–water partition coefficient (Wildman–Crippen LogP) is 3.51. The first-order valence-corrected chi connectivity index (χ1v) is 7.21. The van der Waals surface area contributed by atoms with Gasteiger partial charge in [-0.25, -0.2) is 0 Å². The highest BCUT2D eigenvalue weighted by Gasteiger charge is 2.05. The van der Waals surface area contributed by atoms with Gasteiger partial charge in [0, 0.05) is 16.6 Å². The molecule has 104 valence electrons. The molecular weight excluding hydrogens is 318 g/mol. The first-order valence-electron chi connectivity index (χ1n) is 6.42. The Morgan fingerprint density at radius 2 is 1.95 bits per heavy atom. The Balaban J connectivity index is 1.91. The lowest BCUT2D eigenvalue weighted by molar-refractivity contribution is -0.116. The molecule has 3 nitrogen and oxygen atoms in total. The smallest absolute Gasteiger partial charge is 0.224 e. The Labute approximate surface area is 126 Å². The lowest BCUT2D eigenvalue weighted by Gasteiger charge is -2.07. The highest BCUT2D eigenvalue weighted by molar-refractivity contribution is 9.10. The second-order valence-electron chi connectivity index (χ2n) is 4.50. The number of halogens is 1. The summed E-state index contributed by atoms with van der Waals surface area (Å²) in [7, 11) is 0. The Morgan fingerprint density at radius 1 is 1.15 bits per heavy atom. The van der Waals surface area contributed by atoms with Crippen molar-refractivity contribution in [1.29, 1.82) is 0 Å². The summed E-state index contributed by atoms with van der Waals surface area (Å²) >= 11 is 3.47. The van der Waals surface area contributed by atoms with Crippen LogP contribution in [0.2, 0.25) is 0 Å². The minimum Gasteiger partial charge on any atom is -0.392 e. The van der Waals surface area contributed by atoms with E-state index >= 15 is 0 Å². The Kier molecular flexibility index (Phi) is 5.32. The van der Waals surface area contributed by atoms with Crippen molar-refractivity contribution in [3.05, 3.63) is 64.1 Å². The molecule has 0 fully saturated rings. The third-order valence-corrected chi connectivity index (χ3v) is 3.75. The van der Waals surface area contributed by atoms with Crippen molar-refractivity contribution in [2.75, 3.05) is 5.32 Å². The summed E-state index contributed by atoms with van der Waals surface area (Å²) in [5, 5.41) is 11.9. The maximum absolute atomic E-state index is 11.9. The monoisotopic (exact) mass is 333 g/mol. The Bertz CT molecular complexity index is 599. The van der Waals surface area contributed by atoms with Crippen LogP contribution in [-0.4, -0.2) is 11.0 Å². The maximum atomic E-state index is 11.9. The quantitative estimate of drug-likeness (QED) is 0.879. The molecule has 0 aliphatic heterocycles. The van der Waals surface area contributed by atoms with Gasteiger partial charge in [-0.2, -0.15) is 0 Å². The van der Waals surface area contributed by atoms with E-state index in [0.717, 1.165) is 15.6 Å². The van der Waals surface area contributed by atoms with Gasteiger partial charge < -0.3 is 10.4 Å². The van der Waals surface area contributed by atoms with Crippen molar-refractivity contribution in [3.63, 3.8) is 0 Å². The van der Waals surface area contributed by atoms with Crippen LogP contribution in [0.15, 0.2) is 53.0 Å². The van der Waals surface area contributed by atoms with Crippen LogP contribution in [0.1, 0.15) is 17.5 Å².